The third-order valence-corrected chi connectivity index (χ3v) is 7.72. The Bertz CT molecular complexity index is 1720. The number of ether oxygens (including phenoxy) is 1. The molecule has 0 unspecified atom stereocenters. The van der Waals surface area contributed by atoms with Crippen molar-refractivity contribution in [1.29, 1.82) is 0 Å². The number of carbonyl (C=O) groups is 4. The highest BCUT2D eigenvalue weighted by atomic mass is 32.2. The van der Waals surface area contributed by atoms with Crippen molar-refractivity contribution in [2.75, 3.05) is 0 Å². The standard InChI is InChI=1S/C29H19N3O5S2/c33-26-24(38-28(35)30-26)12-17-6-8-20(9-7-17)32-15-19(13-25-27(34)31-29(36)39-25)22-14-21(10-11-23(22)32)37-16-18-4-2-1-3-5-18/h1-15H,16H2,(H,30,33,35)(H,31,34,36)/b24-12+,25-13+. The van der Waals surface area contributed by atoms with Gasteiger partial charge in [0.1, 0.15) is 12.4 Å². The van der Waals surface area contributed by atoms with Gasteiger partial charge >= 0.3 is 0 Å². The molecule has 10 heteroatoms. The first-order chi connectivity index (χ1) is 18.9. The summed E-state index contributed by atoms with van der Waals surface area (Å²) < 4.78 is 8.03. The van der Waals surface area contributed by atoms with Gasteiger partial charge in [-0.15, -0.1) is 0 Å². The van der Waals surface area contributed by atoms with Gasteiger partial charge < -0.3 is 9.30 Å². The SMILES string of the molecule is O=C1NC(=O)/C(=C\c2ccc(-n3cc(/C=C4/SC(=O)NC4=O)c4cc(OCc5ccccc5)ccc43)cc2)S1. The number of carbonyl (C=O) groups excluding carboxylic acids is 4. The second-order valence-corrected chi connectivity index (χ2v) is 10.7. The molecule has 2 aliphatic heterocycles. The van der Waals surface area contributed by atoms with E-state index in [-0.39, 0.29) is 5.24 Å². The minimum Gasteiger partial charge on any atom is -0.489 e. The van der Waals surface area contributed by atoms with Crippen LogP contribution in [0, 0.1) is 0 Å². The third-order valence-electron chi connectivity index (χ3n) is 6.09. The molecule has 1 aromatic heterocycles. The molecule has 6 rings (SSSR count). The van der Waals surface area contributed by atoms with Crippen LogP contribution in [0.4, 0.5) is 9.59 Å². The maximum atomic E-state index is 12.2. The van der Waals surface area contributed by atoms with Crippen molar-refractivity contribution in [3.05, 3.63) is 105 Å². The molecule has 3 aromatic carbocycles. The maximum absolute atomic E-state index is 12.2. The highest BCUT2D eigenvalue weighted by Crippen LogP contribution is 2.34. The zero-order chi connectivity index (χ0) is 26.9. The van der Waals surface area contributed by atoms with Crippen molar-refractivity contribution in [1.82, 2.24) is 15.2 Å². The number of hydrogen-bond acceptors (Lipinski definition) is 7. The van der Waals surface area contributed by atoms with Crippen LogP contribution in [0.5, 0.6) is 5.75 Å². The zero-order valence-corrected chi connectivity index (χ0v) is 21.8. The third kappa shape index (κ3) is 5.25. The lowest BCUT2D eigenvalue weighted by molar-refractivity contribution is -0.116. The molecule has 2 aliphatic rings. The summed E-state index contributed by atoms with van der Waals surface area (Å²) in [7, 11) is 0. The number of aromatic nitrogens is 1. The Kier molecular flexibility index (Phi) is 6.55. The van der Waals surface area contributed by atoms with E-state index in [2.05, 4.69) is 10.6 Å². The Morgan fingerprint density at radius 3 is 2.08 bits per heavy atom. The summed E-state index contributed by atoms with van der Waals surface area (Å²) in [5, 5.41) is 4.61. The lowest BCUT2D eigenvalue weighted by atomic mass is 10.1. The number of nitrogens with one attached hydrogen (secondary N) is 2. The monoisotopic (exact) mass is 553 g/mol. The number of fused-ring (bicyclic) bond motifs is 1. The molecule has 0 spiro atoms. The average Bonchev–Trinajstić information content (AvgIpc) is 3.57. The van der Waals surface area contributed by atoms with Gasteiger partial charge in [-0.05, 0) is 77.1 Å². The quantitative estimate of drug-likeness (QED) is 0.288. The Morgan fingerprint density at radius 2 is 1.44 bits per heavy atom. The number of imide groups is 2. The van der Waals surface area contributed by atoms with E-state index in [1.807, 2.05) is 83.6 Å². The van der Waals surface area contributed by atoms with Crippen molar-refractivity contribution in [3.8, 4) is 11.4 Å². The van der Waals surface area contributed by atoms with Crippen LogP contribution < -0.4 is 15.4 Å². The summed E-state index contributed by atoms with van der Waals surface area (Å²) in [5.74, 6) is -0.153. The molecule has 4 aromatic rings. The molecule has 0 radical (unpaired) electrons. The molecule has 8 nitrogen and oxygen atoms in total. The van der Waals surface area contributed by atoms with E-state index in [0.717, 1.165) is 56.8 Å². The Labute approximate surface area is 231 Å². The Hall–Kier alpha value is -4.54. The number of amides is 4. The fourth-order valence-electron chi connectivity index (χ4n) is 4.26. The van der Waals surface area contributed by atoms with Gasteiger partial charge in [-0.3, -0.25) is 29.8 Å². The highest BCUT2D eigenvalue weighted by Gasteiger charge is 2.26. The zero-order valence-electron chi connectivity index (χ0n) is 20.2. The highest BCUT2D eigenvalue weighted by molar-refractivity contribution is 8.18. The molecule has 2 saturated heterocycles. The predicted molar refractivity (Wildman–Crippen MR) is 152 cm³/mol. The number of hydrogen-bond donors (Lipinski definition) is 2. The Morgan fingerprint density at radius 1 is 0.769 bits per heavy atom. The van der Waals surface area contributed by atoms with Crippen molar-refractivity contribution >= 4 is 68.9 Å². The molecular weight excluding hydrogens is 534 g/mol. The second-order valence-electron chi connectivity index (χ2n) is 8.70. The molecule has 39 heavy (non-hydrogen) atoms. The number of thioether (sulfide) groups is 2. The molecule has 3 heterocycles. The first kappa shape index (κ1) is 24.8. The van der Waals surface area contributed by atoms with Crippen molar-refractivity contribution in [2.45, 2.75) is 6.61 Å². The van der Waals surface area contributed by atoms with Gasteiger partial charge in [-0.2, -0.15) is 0 Å². The first-order valence-corrected chi connectivity index (χ1v) is 13.5. The van der Waals surface area contributed by atoms with Crippen molar-refractivity contribution in [3.63, 3.8) is 0 Å². The van der Waals surface area contributed by atoms with Crippen molar-refractivity contribution in [2.24, 2.45) is 0 Å². The fraction of sp³-hybridized carbons (Fsp3) is 0.0345. The summed E-state index contributed by atoms with van der Waals surface area (Å²) in [6.45, 7) is 0.412. The lowest BCUT2D eigenvalue weighted by Crippen LogP contribution is -2.17. The number of rotatable bonds is 6. The molecule has 0 atom stereocenters. The van der Waals surface area contributed by atoms with Crippen LogP contribution in [0.3, 0.4) is 0 Å². The fourth-order valence-corrected chi connectivity index (χ4v) is 5.62. The van der Waals surface area contributed by atoms with E-state index in [1.165, 1.54) is 0 Å². The molecule has 192 valence electrons. The van der Waals surface area contributed by atoms with Crippen LogP contribution >= 0.6 is 23.5 Å². The van der Waals surface area contributed by atoms with Crippen LogP contribution in [0.1, 0.15) is 16.7 Å². The molecule has 0 aliphatic carbocycles. The van der Waals surface area contributed by atoms with Gasteiger partial charge in [-0.25, -0.2) is 0 Å². The first-order valence-electron chi connectivity index (χ1n) is 11.8. The summed E-state index contributed by atoms with van der Waals surface area (Å²) in [6.07, 6.45) is 5.28. The van der Waals surface area contributed by atoms with E-state index in [0.29, 0.717) is 22.2 Å². The van der Waals surface area contributed by atoms with Gasteiger partial charge in [-0.1, -0.05) is 42.5 Å². The molecule has 4 amide bonds. The summed E-state index contributed by atoms with van der Waals surface area (Å²) in [5.41, 5.74) is 4.31. The molecule has 2 fully saturated rings. The molecule has 2 N–H and O–H groups in total. The minimum absolute atomic E-state index is 0.318. The van der Waals surface area contributed by atoms with Crippen molar-refractivity contribution < 1.29 is 23.9 Å². The topological polar surface area (TPSA) is 107 Å². The van der Waals surface area contributed by atoms with E-state index in [4.69, 9.17) is 4.74 Å². The van der Waals surface area contributed by atoms with E-state index < -0.39 is 17.1 Å². The van der Waals surface area contributed by atoms with Crippen LogP contribution in [-0.4, -0.2) is 26.9 Å². The normalized spacial score (nSPS) is 17.3. The second kappa shape index (κ2) is 10.3. The number of nitrogens with zero attached hydrogens (tertiary/aromatic N) is 1. The Balaban J connectivity index is 1.36. The molecule has 0 bridgehead atoms. The smallest absolute Gasteiger partial charge is 0.290 e. The van der Waals surface area contributed by atoms with Gasteiger partial charge in [0.25, 0.3) is 22.3 Å². The van der Waals surface area contributed by atoms with E-state index >= 15 is 0 Å². The van der Waals surface area contributed by atoms with Gasteiger partial charge in [0.05, 0.1) is 15.3 Å². The minimum atomic E-state index is -0.424. The maximum Gasteiger partial charge on any atom is 0.290 e. The molecule has 0 saturated carbocycles. The van der Waals surface area contributed by atoms with Gasteiger partial charge in [0, 0.05) is 22.8 Å². The van der Waals surface area contributed by atoms with Crippen LogP contribution in [-0.2, 0) is 16.2 Å². The average molecular weight is 554 g/mol. The lowest BCUT2D eigenvalue weighted by Gasteiger charge is -2.09. The molecular formula is C29H19N3O5S2. The van der Waals surface area contributed by atoms with Crippen LogP contribution in [0.25, 0.3) is 28.7 Å². The van der Waals surface area contributed by atoms with Crippen LogP contribution in [0.2, 0.25) is 0 Å². The largest absolute Gasteiger partial charge is 0.489 e. The van der Waals surface area contributed by atoms with E-state index in [1.54, 1.807) is 12.2 Å². The van der Waals surface area contributed by atoms with Gasteiger partial charge in [0.15, 0.2) is 0 Å². The van der Waals surface area contributed by atoms with E-state index in [9.17, 15) is 19.2 Å². The summed E-state index contributed by atoms with van der Waals surface area (Å²) in [6, 6.07) is 23.2. The number of benzene rings is 3. The summed E-state index contributed by atoms with van der Waals surface area (Å²) >= 11 is 1.74. The summed E-state index contributed by atoms with van der Waals surface area (Å²) in [4.78, 5) is 48.0. The van der Waals surface area contributed by atoms with Crippen LogP contribution in [0.15, 0.2) is 88.8 Å². The van der Waals surface area contributed by atoms with Gasteiger partial charge in [0.2, 0.25) is 0 Å². The predicted octanol–water partition coefficient (Wildman–Crippen LogP) is 5.86.